The molecule has 0 aliphatic rings. The molecular weight excluding hydrogens is 341 g/mol. The molecule has 2 aromatic rings. The van der Waals surface area contributed by atoms with Crippen molar-refractivity contribution < 1.29 is 21.2 Å². The standard InChI is InChI=1S/C15H16FNO4S2/c1-11(12-7-9-13(10-8-12)22(2,18)19)17-23(20,21)15-6-4-3-5-14(15)16/h3-11,17H,1-2H3/t11-/m1/s1. The highest BCUT2D eigenvalue weighted by Gasteiger charge is 2.21. The molecule has 2 aromatic carbocycles. The van der Waals surface area contributed by atoms with Crippen molar-refractivity contribution in [2.75, 3.05) is 6.26 Å². The predicted molar refractivity (Wildman–Crippen MR) is 84.7 cm³/mol. The van der Waals surface area contributed by atoms with Crippen LogP contribution in [0.4, 0.5) is 4.39 Å². The highest BCUT2D eigenvalue weighted by atomic mass is 32.2. The van der Waals surface area contributed by atoms with E-state index in [1.807, 2.05) is 0 Å². The third-order valence-electron chi connectivity index (χ3n) is 3.27. The summed E-state index contributed by atoms with van der Waals surface area (Å²) in [4.78, 5) is -0.287. The minimum Gasteiger partial charge on any atom is -0.224 e. The first-order valence-corrected chi connectivity index (χ1v) is 10.1. The molecule has 0 amide bonds. The fourth-order valence-electron chi connectivity index (χ4n) is 2.03. The molecule has 1 atom stereocenters. The molecule has 8 heteroatoms. The lowest BCUT2D eigenvalue weighted by Crippen LogP contribution is -2.27. The van der Waals surface area contributed by atoms with Crippen molar-refractivity contribution >= 4 is 19.9 Å². The molecule has 23 heavy (non-hydrogen) atoms. The van der Waals surface area contributed by atoms with Gasteiger partial charge < -0.3 is 0 Å². The first-order chi connectivity index (χ1) is 10.6. The molecular formula is C15H16FNO4S2. The Morgan fingerprint density at radius 2 is 1.52 bits per heavy atom. The highest BCUT2D eigenvalue weighted by molar-refractivity contribution is 7.90. The zero-order valence-electron chi connectivity index (χ0n) is 12.5. The van der Waals surface area contributed by atoms with E-state index in [0.717, 1.165) is 12.3 Å². The monoisotopic (exact) mass is 357 g/mol. The average Bonchev–Trinajstić information content (AvgIpc) is 2.46. The molecule has 0 heterocycles. The lowest BCUT2D eigenvalue weighted by Gasteiger charge is -2.15. The van der Waals surface area contributed by atoms with Crippen LogP contribution in [0.5, 0.6) is 0 Å². The molecule has 0 saturated carbocycles. The van der Waals surface area contributed by atoms with E-state index in [2.05, 4.69) is 4.72 Å². The minimum absolute atomic E-state index is 0.144. The Labute approximate surface area is 135 Å². The van der Waals surface area contributed by atoms with E-state index >= 15 is 0 Å². The van der Waals surface area contributed by atoms with Crippen molar-refractivity contribution in [1.82, 2.24) is 4.72 Å². The van der Waals surface area contributed by atoms with Crippen LogP contribution in [0.3, 0.4) is 0 Å². The third kappa shape index (κ3) is 4.15. The van der Waals surface area contributed by atoms with Crippen LogP contribution >= 0.6 is 0 Å². The van der Waals surface area contributed by atoms with Crippen LogP contribution in [0.15, 0.2) is 58.3 Å². The fourth-order valence-corrected chi connectivity index (χ4v) is 3.97. The van der Waals surface area contributed by atoms with Gasteiger partial charge in [-0.3, -0.25) is 0 Å². The van der Waals surface area contributed by atoms with Gasteiger partial charge in [-0.25, -0.2) is 25.9 Å². The van der Waals surface area contributed by atoms with Crippen LogP contribution in [0.1, 0.15) is 18.5 Å². The Bertz CT molecular complexity index is 907. The summed E-state index contributed by atoms with van der Waals surface area (Å²) in [6.45, 7) is 1.59. The van der Waals surface area contributed by atoms with E-state index in [9.17, 15) is 21.2 Å². The van der Waals surface area contributed by atoms with Crippen LogP contribution in [-0.4, -0.2) is 23.1 Å². The summed E-state index contributed by atoms with van der Waals surface area (Å²) in [5.41, 5.74) is 0.567. The Balaban J connectivity index is 2.25. The second kappa shape index (κ2) is 6.38. The van der Waals surface area contributed by atoms with Crippen molar-refractivity contribution in [2.24, 2.45) is 0 Å². The number of hydrogen-bond donors (Lipinski definition) is 1. The Morgan fingerprint density at radius 1 is 0.957 bits per heavy atom. The van der Waals surface area contributed by atoms with Gasteiger partial charge in [-0.05, 0) is 36.8 Å². The van der Waals surface area contributed by atoms with Gasteiger partial charge in [-0.1, -0.05) is 24.3 Å². The van der Waals surface area contributed by atoms with Crippen molar-refractivity contribution in [3.63, 3.8) is 0 Å². The normalized spacial score (nSPS) is 13.7. The minimum atomic E-state index is -4.02. The third-order valence-corrected chi connectivity index (χ3v) is 5.97. The number of halogens is 1. The summed E-state index contributed by atoms with van der Waals surface area (Å²) in [5.74, 6) is -0.834. The largest absolute Gasteiger partial charge is 0.244 e. The van der Waals surface area contributed by atoms with Gasteiger partial charge in [-0.2, -0.15) is 0 Å². The molecule has 0 aliphatic carbocycles. The second-order valence-electron chi connectivity index (χ2n) is 5.11. The lowest BCUT2D eigenvalue weighted by molar-refractivity contribution is 0.546. The van der Waals surface area contributed by atoms with Crippen LogP contribution in [0, 0.1) is 5.82 Å². The number of sulfone groups is 1. The lowest BCUT2D eigenvalue weighted by atomic mass is 10.1. The maximum Gasteiger partial charge on any atom is 0.244 e. The molecule has 124 valence electrons. The van der Waals surface area contributed by atoms with E-state index in [-0.39, 0.29) is 4.90 Å². The first kappa shape index (κ1) is 17.6. The maximum absolute atomic E-state index is 13.6. The van der Waals surface area contributed by atoms with Gasteiger partial charge in [0, 0.05) is 12.3 Å². The van der Waals surface area contributed by atoms with Crippen molar-refractivity contribution in [3.05, 3.63) is 59.9 Å². The number of hydrogen-bond acceptors (Lipinski definition) is 4. The van der Waals surface area contributed by atoms with Crippen molar-refractivity contribution in [1.29, 1.82) is 0 Å². The van der Waals surface area contributed by atoms with E-state index in [4.69, 9.17) is 0 Å². The Kier molecular flexibility index (Phi) is 4.88. The number of nitrogens with one attached hydrogen (secondary N) is 1. The molecule has 0 radical (unpaired) electrons. The van der Waals surface area contributed by atoms with Gasteiger partial charge in [0.1, 0.15) is 10.7 Å². The van der Waals surface area contributed by atoms with Crippen LogP contribution in [0.2, 0.25) is 0 Å². The van der Waals surface area contributed by atoms with Gasteiger partial charge in [0.2, 0.25) is 10.0 Å². The average molecular weight is 357 g/mol. The Morgan fingerprint density at radius 3 is 2.04 bits per heavy atom. The van der Waals surface area contributed by atoms with Crippen molar-refractivity contribution in [2.45, 2.75) is 22.8 Å². The van der Waals surface area contributed by atoms with E-state index < -0.39 is 36.6 Å². The summed E-state index contributed by atoms with van der Waals surface area (Å²) < 4.78 is 63.3. The van der Waals surface area contributed by atoms with Gasteiger partial charge in [0.15, 0.2) is 9.84 Å². The highest BCUT2D eigenvalue weighted by Crippen LogP contribution is 2.20. The molecule has 0 aromatic heterocycles. The zero-order chi connectivity index (χ0) is 17.3. The van der Waals surface area contributed by atoms with Crippen molar-refractivity contribution in [3.8, 4) is 0 Å². The molecule has 0 aliphatic heterocycles. The summed E-state index contributed by atoms with van der Waals surface area (Å²) in [5, 5.41) is 0. The van der Waals surface area contributed by atoms with Gasteiger partial charge in [-0.15, -0.1) is 0 Å². The molecule has 2 rings (SSSR count). The summed E-state index contributed by atoms with van der Waals surface area (Å²) >= 11 is 0. The molecule has 0 spiro atoms. The molecule has 0 unspecified atom stereocenters. The van der Waals surface area contributed by atoms with E-state index in [1.165, 1.54) is 42.5 Å². The fraction of sp³-hybridized carbons (Fsp3) is 0.200. The molecule has 0 fully saturated rings. The number of rotatable bonds is 5. The summed E-state index contributed by atoms with van der Waals surface area (Å²) in [6, 6.07) is 10.3. The molecule has 5 nitrogen and oxygen atoms in total. The zero-order valence-corrected chi connectivity index (χ0v) is 14.2. The van der Waals surface area contributed by atoms with Gasteiger partial charge >= 0.3 is 0 Å². The quantitative estimate of drug-likeness (QED) is 0.890. The Hall–Kier alpha value is -1.77. The maximum atomic E-state index is 13.6. The number of benzene rings is 2. The SMILES string of the molecule is C[C@@H](NS(=O)(=O)c1ccccc1F)c1ccc(S(C)(=O)=O)cc1. The van der Waals surface area contributed by atoms with Crippen LogP contribution < -0.4 is 4.72 Å². The first-order valence-electron chi connectivity index (χ1n) is 6.68. The number of sulfonamides is 1. The van der Waals surface area contributed by atoms with E-state index in [1.54, 1.807) is 6.92 Å². The second-order valence-corrected chi connectivity index (χ2v) is 8.81. The molecule has 1 N–H and O–H groups in total. The van der Waals surface area contributed by atoms with Crippen LogP contribution in [0.25, 0.3) is 0 Å². The van der Waals surface area contributed by atoms with Gasteiger partial charge in [0.25, 0.3) is 0 Å². The predicted octanol–water partition coefficient (Wildman–Crippen LogP) is 2.27. The molecule has 0 saturated heterocycles. The topological polar surface area (TPSA) is 80.3 Å². The van der Waals surface area contributed by atoms with Gasteiger partial charge in [0.05, 0.1) is 4.90 Å². The van der Waals surface area contributed by atoms with Crippen LogP contribution in [-0.2, 0) is 19.9 Å². The summed E-state index contributed by atoms with van der Waals surface area (Å²) in [7, 11) is -7.34. The summed E-state index contributed by atoms with van der Waals surface area (Å²) in [6.07, 6.45) is 1.09. The van der Waals surface area contributed by atoms with E-state index in [0.29, 0.717) is 5.56 Å². The molecule has 0 bridgehead atoms. The smallest absolute Gasteiger partial charge is 0.224 e.